The maximum atomic E-state index is 12.4. The summed E-state index contributed by atoms with van der Waals surface area (Å²) in [5, 5.41) is 0. The fraction of sp³-hybridized carbons (Fsp3) is 0.533. The van der Waals surface area contributed by atoms with Gasteiger partial charge in [0.05, 0.1) is 11.3 Å². The summed E-state index contributed by atoms with van der Waals surface area (Å²) in [4.78, 5) is 13.2. The van der Waals surface area contributed by atoms with Crippen LogP contribution in [0.25, 0.3) is 0 Å². The number of hydrogen-bond donors (Lipinski definition) is 0. The zero-order valence-corrected chi connectivity index (χ0v) is 13.7. The number of carbonyl (C=O) groups is 1. The van der Waals surface area contributed by atoms with Gasteiger partial charge in [-0.2, -0.15) is 8.78 Å². The second kappa shape index (κ2) is 7.67. The van der Waals surface area contributed by atoms with Gasteiger partial charge < -0.3 is 4.90 Å². The highest BCUT2D eigenvalue weighted by molar-refractivity contribution is 7.91. The Bertz CT molecular complexity index is 600. The first-order chi connectivity index (χ1) is 10.2. The van der Waals surface area contributed by atoms with Crippen molar-refractivity contribution in [2.75, 3.05) is 13.6 Å². The molecule has 0 aliphatic heterocycles. The number of halogens is 2. The average molecular weight is 333 g/mol. The molecule has 0 fully saturated rings. The van der Waals surface area contributed by atoms with Crippen molar-refractivity contribution in [3.8, 4) is 0 Å². The van der Waals surface area contributed by atoms with Gasteiger partial charge in [-0.1, -0.05) is 32.4 Å². The minimum Gasteiger partial charge on any atom is -0.345 e. The van der Waals surface area contributed by atoms with Crippen molar-refractivity contribution in [3.05, 3.63) is 29.8 Å². The number of hydrogen-bond acceptors (Lipinski definition) is 3. The number of benzene rings is 1. The van der Waals surface area contributed by atoms with Crippen LogP contribution in [-0.4, -0.2) is 38.6 Å². The summed E-state index contributed by atoms with van der Waals surface area (Å²) in [7, 11) is -2.87. The lowest BCUT2D eigenvalue weighted by molar-refractivity contribution is -0.129. The number of alkyl halides is 2. The zero-order valence-electron chi connectivity index (χ0n) is 12.9. The van der Waals surface area contributed by atoms with Crippen molar-refractivity contribution in [2.45, 2.75) is 37.3 Å². The molecule has 0 saturated heterocycles. The number of sulfone groups is 1. The molecule has 0 bridgehead atoms. The van der Waals surface area contributed by atoms with E-state index in [1.807, 2.05) is 13.8 Å². The van der Waals surface area contributed by atoms with Gasteiger partial charge >= 0.3 is 5.76 Å². The maximum Gasteiger partial charge on any atom is 0.341 e. The van der Waals surface area contributed by atoms with E-state index in [1.54, 1.807) is 11.9 Å². The Kier molecular flexibility index (Phi) is 6.47. The van der Waals surface area contributed by atoms with E-state index in [0.29, 0.717) is 18.0 Å². The third-order valence-corrected chi connectivity index (χ3v) is 4.95. The summed E-state index contributed by atoms with van der Waals surface area (Å²) < 4.78 is 47.4. The van der Waals surface area contributed by atoms with Crippen molar-refractivity contribution in [2.24, 2.45) is 5.92 Å². The third-order valence-electron chi connectivity index (χ3n) is 3.55. The van der Waals surface area contributed by atoms with Crippen LogP contribution in [0, 0.1) is 5.92 Å². The van der Waals surface area contributed by atoms with Crippen LogP contribution in [0.5, 0.6) is 0 Å². The van der Waals surface area contributed by atoms with Crippen molar-refractivity contribution < 1.29 is 22.0 Å². The lowest BCUT2D eigenvalue weighted by Gasteiger charge is -2.20. The van der Waals surface area contributed by atoms with Crippen LogP contribution in [0.15, 0.2) is 29.2 Å². The molecule has 22 heavy (non-hydrogen) atoms. The predicted molar refractivity (Wildman–Crippen MR) is 80.4 cm³/mol. The van der Waals surface area contributed by atoms with E-state index in [9.17, 15) is 22.0 Å². The highest BCUT2D eigenvalue weighted by Crippen LogP contribution is 2.19. The summed E-state index contributed by atoms with van der Waals surface area (Å²) in [6.07, 6.45) is 1.08. The van der Waals surface area contributed by atoms with Crippen LogP contribution < -0.4 is 0 Å². The Morgan fingerprint density at radius 1 is 1.23 bits per heavy atom. The molecule has 0 aliphatic rings. The molecule has 0 aliphatic carbocycles. The number of likely N-dealkylation sites (N-methyl/N-ethyl adjacent to an activating group) is 1. The SMILES string of the molecule is CC[C@H](C)CN(C)C(=O)Cc1ccc(S(=O)(=O)C(F)F)cc1. The van der Waals surface area contributed by atoms with Crippen LogP contribution in [0.2, 0.25) is 0 Å². The average Bonchev–Trinajstić information content (AvgIpc) is 2.47. The van der Waals surface area contributed by atoms with E-state index >= 15 is 0 Å². The van der Waals surface area contributed by atoms with Crippen LogP contribution in [0.4, 0.5) is 8.78 Å². The molecular formula is C15H21F2NO3S. The molecule has 0 heterocycles. The molecule has 1 atom stereocenters. The maximum absolute atomic E-state index is 12.4. The standard InChI is InChI=1S/C15H21F2NO3S/c1-4-11(2)10-18(3)14(19)9-12-5-7-13(8-6-12)22(20,21)15(16)17/h5-8,11,15H,4,9-10H2,1-3H3/t11-/m0/s1. The van der Waals surface area contributed by atoms with Gasteiger partial charge in [0, 0.05) is 13.6 Å². The summed E-state index contributed by atoms with van der Waals surface area (Å²) in [6.45, 7) is 4.74. The van der Waals surface area contributed by atoms with Crippen molar-refractivity contribution in [3.63, 3.8) is 0 Å². The lowest BCUT2D eigenvalue weighted by atomic mass is 10.1. The Morgan fingerprint density at radius 2 is 1.77 bits per heavy atom. The lowest BCUT2D eigenvalue weighted by Crippen LogP contribution is -2.32. The second-order valence-electron chi connectivity index (χ2n) is 5.41. The van der Waals surface area contributed by atoms with Gasteiger partial charge in [-0.25, -0.2) is 8.42 Å². The minimum atomic E-state index is -4.59. The molecule has 1 aromatic carbocycles. The van der Waals surface area contributed by atoms with Crippen molar-refractivity contribution in [1.29, 1.82) is 0 Å². The minimum absolute atomic E-state index is 0.0928. The highest BCUT2D eigenvalue weighted by Gasteiger charge is 2.26. The van der Waals surface area contributed by atoms with Crippen LogP contribution in [-0.2, 0) is 21.1 Å². The molecule has 1 rings (SSSR count). The van der Waals surface area contributed by atoms with Crippen molar-refractivity contribution >= 4 is 15.7 Å². The molecule has 124 valence electrons. The summed E-state index contributed by atoms with van der Waals surface area (Å²) in [6, 6.07) is 5.01. The molecule has 1 amide bonds. The molecule has 0 unspecified atom stereocenters. The Morgan fingerprint density at radius 3 is 2.23 bits per heavy atom. The molecule has 4 nitrogen and oxygen atoms in total. The summed E-state index contributed by atoms with van der Waals surface area (Å²) in [5.41, 5.74) is 0.592. The van der Waals surface area contributed by atoms with Crippen LogP contribution >= 0.6 is 0 Å². The van der Waals surface area contributed by atoms with Gasteiger partial charge in [-0.3, -0.25) is 4.79 Å². The van der Waals surface area contributed by atoms with Gasteiger partial charge in [0.15, 0.2) is 0 Å². The predicted octanol–water partition coefficient (Wildman–Crippen LogP) is 2.73. The quantitative estimate of drug-likeness (QED) is 0.771. The van der Waals surface area contributed by atoms with E-state index < -0.39 is 20.5 Å². The van der Waals surface area contributed by atoms with Crippen molar-refractivity contribution in [1.82, 2.24) is 4.90 Å². The molecular weight excluding hydrogens is 312 g/mol. The van der Waals surface area contributed by atoms with E-state index in [0.717, 1.165) is 18.6 Å². The second-order valence-corrected chi connectivity index (χ2v) is 7.33. The van der Waals surface area contributed by atoms with E-state index in [-0.39, 0.29) is 12.3 Å². The fourth-order valence-electron chi connectivity index (χ4n) is 1.91. The monoisotopic (exact) mass is 333 g/mol. The summed E-state index contributed by atoms with van der Waals surface area (Å²) in [5.74, 6) is -3.14. The first-order valence-corrected chi connectivity index (χ1v) is 8.58. The smallest absolute Gasteiger partial charge is 0.341 e. The molecule has 0 aromatic heterocycles. The van der Waals surface area contributed by atoms with Gasteiger partial charge in [0.1, 0.15) is 0 Å². The number of rotatable bonds is 7. The third kappa shape index (κ3) is 4.76. The largest absolute Gasteiger partial charge is 0.345 e. The molecule has 0 saturated carbocycles. The van der Waals surface area contributed by atoms with Gasteiger partial charge in [-0.05, 0) is 23.6 Å². The van der Waals surface area contributed by atoms with Gasteiger partial charge in [-0.15, -0.1) is 0 Å². The first kappa shape index (κ1) is 18.5. The fourth-order valence-corrected chi connectivity index (χ4v) is 2.63. The summed E-state index contributed by atoms with van der Waals surface area (Å²) >= 11 is 0. The van der Waals surface area contributed by atoms with E-state index in [1.165, 1.54) is 12.1 Å². The number of amides is 1. The van der Waals surface area contributed by atoms with Gasteiger partial charge in [0.2, 0.25) is 15.7 Å². The molecule has 0 radical (unpaired) electrons. The molecule has 7 heteroatoms. The normalized spacial score (nSPS) is 13.2. The van der Waals surface area contributed by atoms with Gasteiger partial charge in [0.25, 0.3) is 0 Å². The molecule has 0 N–H and O–H groups in total. The Balaban J connectivity index is 2.74. The van der Waals surface area contributed by atoms with Crippen LogP contribution in [0.3, 0.4) is 0 Å². The first-order valence-electron chi connectivity index (χ1n) is 7.03. The zero-order chi connectivity index (χ0) is 16.9. The van der Waals surface area contributed by atoms with E-state index in [4.69, 9.17) is 0 Å². The topological polar surface area (TPSA) is 54.5 Å². The Labute approximate surface area is 130 Å². The molecule has 0 spiro atoms. The van der Waals surface area contributed by atoms with E-state index in [2.05, 4.69) is 0 Å². The van der Waals surface area contributed by atoms with Crippen LogP contribution in [0.1, 0.15) is 25.8 Å². The Hall–Kier alpha value is -1.50. The molecule has 1 aromatic rings. The number of nitrogens with zero attached hydrogens (tertiary/aromatic N) is 1. The highest BCUT2D eigenvalue weighted by atomic mass is 32.2. The number of carbonyl (C=O) groups excluding carboxylic acids is 1.